The fraction of sp³-hybridized carbons (Fsp3) is 0.278. The number of anilines is 1. The van der Waals surface area contributed by atoms with Crippen molar-refractivity contribution in [1.82, 2.24) is 9.97 Å². The maximum absolute atomic E-state index is 8.95. The molecule has 0 aromatic carbocycles. The van der Waals surface area contributed by atoms with Crippen LogP contribution in [0.5, 0.6) is 0 Å². The summed E-state index contributed by atoms with van der Waals surface area (Å²) >= 11 is 1.58. The van der Waals surface area contributed by atoms with Gasteiger partial charge in [-0.3, -0.25) is 0 Å². The number of fused-ring (bicyclic) bond motifs is 1. The highest BCUT2D eigenvalue weighted by molar-refractivity contribution is 7.16. The second kappa shape index (κ2) is 5.98. The van der Waals surface area contributed by atoms with Gasteiger partial charge in [-0.05, 0) is 49.2 Å². The minimum Gasteiger partial charge on any atom is -0.363 e. The molecular formula is C18H16N4S. The van der Waals surface area contributed by atoms with Crippen molar-refractivity contribution in [3.63, 3.8) is 0 Å². The topological polar surface area (TPSA) is 52.8 Å². The molecule has 3 aromatic rings. The van der Waals surface area contributed by atoms with Gasteiger partial charge in [-0.25, -0.2) is 9.97 Å². The van der Waals surface area contributed by atoms with E-state index in [2.05, 4.69) is 34.2 Å². The Balaban J connectivity index is 1.49. The molecule has 0 atom stereocenters. The zero-order valence-electron chi connectivity index (χ0n) is 12.6. The van der Waals surface area contributed by atoms with E-state index in [1.165, 1.54) is 5.00 Å². The smallest absolute Gasteiger partial charge is 0.159 e. The zero-order valence-corrected chi connectivity index (χ0v) is 13.5. The number of aromatic nitrogens is 2. The lowest BCUT2D eigenvalue weighted by molar-refractivity contribution is 0.499. The lowest BCUT2D eigenvalue weighted by Crippen LogP contribution is -2.32. The van der Waals surface area contributed by atoms with E-state index in [9.17, 15) is 0 Å². The van der Waals surface area contributed by atoms with Crippen LogP contribution in [-0.2, 0) is 0 Å². The fourth-order valence-corrected chi connectivity index (χ4v) is 4.00. The molecule has 4 nitrogen and oxygen atoms in total. The molecule has 0 amide bonds. The Hall–Kier alpha value is -2.45. The summed E-state index contributed by atoms with van der Waals surface area (Å²) in [7, 11) is 0. The molecule has 0 unspecified atom stereocenters. The van der Waals surface area contributed by atoms with Crippen molar-refractivity contribution >= 4 is 27.4 Å². The summed E-state index contributed by atoms with van der Waals surface area (Å²) in [5.74, 6) is 0.494. The van der Waals surface area contributed by atoms with Crippen LogP contribution in [0.25, 0.3) is 11.0 Å². The number of nitriles is 1. The second-order valence-electron chi connectivity index (χ2n) is 5.80. The molecule has 114 valence electrons. The SMILES string of the molecule is N#Cc1ccc(N2CCC(c3ccc4cccnc4n3)CC2)s1. The third-order valence-electron chi connectivity index (χ3n) is 4.41. The Bertz CT molecular complexity index is 872. The highest BCUT2D eigenvalue weighted by atomic mass is 32.1. The summed E-state index contributed by atoms with van der Waals surface area (Å²) in [4.78, 5) is 12.3. The Morgan fingerprint density at radius 1 is 1.13 bits per heavy atom. The maximum Gasteiger partial charge on any atom is 0.159 e. The van der Waals surface area contributed by atoms with E-state index in [0.717, 1.165) is 47.5 Å². The summed E-state index contributed by atoms with van der Waals surface area (Å²) in [6, 6.07) is 14.4. The van der Waals surface area contributed by atoms with Crippen molar-refractivity contribution in [2.45, 2.75) is 18.8 Å². The summed E-state index contributed by atoms with van der Waals surface area (Å²) in [6.07, 6.45) is 3.97. The monoisotopic (exact) mass is 320 g/mol. The third-order valence-corrected chi connectivity index (χ3v) is 5.46. The molecule has 4 rings (SSSR count). The van der Waals surface area contributed by atoms with E-state index in [1.807, 2.05) is 18.2 Å². The Kier molecular flexibility index (Phi) is 3.68. The van der Waals surface area contributed by atoms with Crippen LogP contribution in [0.2, 0.25) is 0 Å². The zero-order chi connectivity index (χ0) is 15.6. The van der Waals surface area contributed by atoms with Gasteiger partial charge in [-0.15, -0.1) is 11.3 Å². The summed E-state index contributed by atoms with van der Waals surface area (Å²) in [6.45, 7) is 2.02. The van der Waals surface area contributed by atoms with E-state index in [1.54, 1.807) is 17.5 Å². The predicted molar refractivity (Wildman–Crippen MR) is 92.8 cm³/mol. The standard InChI is InChI=1S/C18H16N4S/c19-12-15-4-6-17(23-15)22-10-7-13(8-11-22)16-5-3-14-2-1-9-20-18(14)21-16/h1-6,9,13H,7-8,10-11H2. The number of hydrogen-bond donors (Lipinski definition) is 0. The number of piperidine rings is 1. The van der Waals surface area contributed by atoms with Crippen LogP contribution in [0.3, 0.4) is 0 Å². The molecule has 23 heavy (non-hydrogen) atoms. The van der Waals surface area contributed by atoms with E-state index in [4.69, 9.17) is 10.2 Å². The average molecular weight is 320 g/mol. The van der Waals surface area contributed by atoms with Crippen LogP contribution < -0.4 is 4.90 Å². The molecule has 1 fully saturated rings. The van der Waals surface area contributed by atoms with Crippen LogP contribution in [-0.4, -0.2) is 23.1 Å². The lowest BCUT2D eigenvalue weighted by Gasteiger charge is -2.32. The van der Waals surface area contributed by atoms with Crippen molar-refractivity contribution in [2.75, 3.05) is 18.0 Å². The van der Waals surface area contributed by atoms with Gasteiger partial charge < -0.3 is 4.90 Å². The Morgan fingerprint density at radius 2 is 2.00 bits per heavy atom. The maximum atomic E-state index is 8.95. The predicted octanol–water partition coefficient (Wildman–Crippen LogP) is 3.95. The third kappa shape index (κ3) is 2.78. The highest BCUT2D eigenvalue weighted by Gasteiger charge is 2.22. The van der Waals surface area contributed by atoms with Gasteiger partial charge in [-0.2, -0.15) is 5.26 Å². The summed E-state index contributed by atoms with van der Waals surface area (Å²) in [5.41, 5.74) is 1.99. The van der Waals surface area contributed by atoms with Gasteiger partial charge in [0.25, 0.3) is 0 Å². The quantitative estimate of drug-likeness (QED) is 0.717. The van der Waals surface area contributed by atoms with Crippen molar-refractivity contribution in [1.29, 1.82) is 5.26 Å². The van der Waals surface area contributed by atoms with Crippen molar-refractivity contribution in [2.24, 2.45) is 0 Å². The fourth-order valence-electron chi connectivity index (χ4n) is 3.15. The molecule has 0 spiro atoms. The first kappa shape index (κ1) is 14.2. The molecule has 0 N–H and O–H groups in total. The van der Waals surface area contributed by atoms with Gasteiger partial charge in [0.2, 0.25) is 0 Å². The number of pyridine rings is 2. The largest absolute Gasteiger partial charge is 0.363 e. The van der Waals surface area contributed by atoms with E-state index < -0.39 is 0 Å². The number of nitrogens with zero attached hydrogens (tertiary/aromatic N) is 4. The molecule has 5 heteroatoms. The molecule has 0 aliphatic carbocycles. The summed E-state index contributed by atoms with van der Waals surface area (Å²) in [5, 5.41) is 11.3. The average Bonchev–Trinajstić information content (AvgIpc) is 3.11. The molecule has 1 aliphatic heterocycles. The highest BCUT2D eigenvalue weighted by Crippen LogP contribution is 2.33. The number of rotatable bonds is 2. The molecule has 0 saturated carbocycles. The van der Waals surface area contributed by atoms with E-state index in [-0.39, 0.29) is 0 Å². The lowest BCUT2D eigenvalue weighted by atomic mass is 9.93. The normalized spacial score (nSPS) is 15.7. The van der Waals surface area contributed by atoms with E-state index >= 15 is 0 Å². The Morgan fingerprint density at radius 3 is 2.78 bits per heavy atom. The van der Waals surface area contributed by atoms with Gasteiger partial charge in [0.05, 0.1) is 5.00 Å². The van der Waals surface area contributed by atoms with Crippen LogP contribution >= 0.6 is 11.3 Å². The van der Waals surface area contributed by atoms with Crippen LogP contribution in [0.4, 0.5) is 5.00 Å². The van der Waals surface area contributed by atoms with Gasteiger partial charge in [0.1, 0.15) is 10.9 Å². The molecule has 3 aromatic heterocycles. The van der Waals surface area contributed by atoms with E-state index in [0.29, 0.717) is 5.92 Å². The van der Waals surface area contributed by atoms with Crippen molar-refractivity contribution in [3.8, 4) is 6.07 Å². The van der Waals surface area contributed by atoms with Crippen molar-refractivity contribution < 1.29 is 0 Å². The first-order chi connectivity index (χ1) is 11.3. The molecule has 0 radical (unpaired) electrons. The number of hydrogen-bond acceptors (Lipinski definition) is 5. The van der Waals surface area contributed by atoms with Gasteiger partial charge in [0, 0.05) is 36.3 Å². The molecule has 1 saturated heterocycles. The molecular weight excluding hydrogens is 304 g/mol. The van der Waals surface area contributed by atoms with Gasteiger partial charge >= 0.3 is 0 Å². The van der Waals surface area contributed by atoms with Gasteiger partial charge in [-0.1, -0.05) is 0 Å². The second-order valence-corrected chi connectivity index (χ2v) is 6.86. The van der Waals surface area contributed by atoms with Gasteiger partial charge in [0.15, 0.2) is 5.65 Å². The van der Waals surface area contributed by atoms with Crippen LogP contribution in [0, 0.1) is 11.3 Å². The first-order valence-electron chi connectivity index (χ1n) is 7.80. The molecule has 4 heterocycles. The minimum absolute atomic E-state index is 0.494. The molecule has 1 aliphatic rings. The molecule has 0 bridgehead atoms. The van der Waals surface area contributed by atoms with Crippen LogP contribution in [0.15, 0.2) is 42.6 Å². The Labute approximate surface area is 139 Å². The van der Waals surface area contributed by atoms with Crippen molar-refractivity contribution in [3.05, 3.63) is 53.2 Å². The minimum atomic E-state index is 0.494. The summed E-state index contributed by atoms with van der Waals surface area (Å²) < 4.78 is 0. The number of thiophene rings is 1. The first-order valence-corrected chi connectivity index (χ1v) is 8.62. The van der Waals surface area contributed by atoms with Crippen LogP contribution in [0.1, 0.15) is 29.3 Å².